The van der Waals surface area contributed by atoms with Crippen molar-refractivity contribution in [1.29, 1.82) is 0 Å². The maximum absolute atomic E-state index is 13.2. The first-order chi connectivity index (χ1) is 9.48. The van der Waals surface area contributed by atoms with Gasteiger partial charge in [-0.05, 0) is 6.92 Å². The van der Waals surface area contributed by atoms with Crippen molar-refractivity contribution in [2.24, 2.45) is 5.41 Å². The van der Waals surface area contributed by atoms with Crippen LogP contribution in [-0.2, 0) is 14.8 Å². The number of piperazine rings is 1. The van der Waals surface area contributed by atoms with Crippen molar-refractivity contribution >= 4 is 15.9 Å². The second-order valence-electron chi connectivity index (χ2n) is 6.03. The third kappa shape index (κ3) is 2.96. The van der Waals surface area contributed by atoms with Gasteiger partial charge in [0.05, 0.1) is 11.7 Å². The van der Waals surface area contributed by atoms with Gasteiger partial charge in [-0.3, -0.25) is 4.79 Å². The van der Waals surface area contributed by atoms with Crippen LogP contribution in [0, 0.1) is 5.41 Å². The molecular formula is C13H20F2N2O3S. The van der Waals surface area contributed by atoms with E-state index in [2.05, 4.69) is 6.58 Å². The van der Waals surface area contributed by atoms with Crippen LogP contribution in [0.3, 0.4) is 0 Å². The highest BCUT2D eigenvalue weighted by Crippen LogP contribution is 2.56. The molecule has 0 N–H and O–H groups in total. The van der Waals surface area contributed by atoms with Crippen molar-refractivity contribution in [3.05, 3.63) is 12.2 Å². The molecule has 2 fully saturated rings. The molecule has 0 atom stereocenters. The maximum Gasteiger partial charge on any atom is 0.250 e. The first-order valence-corrected chi connectivity index (χ1v) is 8.61. The molecule has 0 radical (unpaired) electrons. The Labute approximate surface area is 123 Å². The number of hydrogen-bond donors (Lipinski definition) is 0. The predicted molar refractivity (Wildman–Crippen MR) is 74.4 cm³/mol. The topological polar surface area (TPSA) is 57.7 Å². The number of hydrogen-bond acceptors (Lipinski definition) is 3. The summed E-state index contributed by atoms with van der Waals surface area (Å²) in [5.41, 5.74) is -0.736. The number of sulfonamides is 1. The minimum absolute atomic E-state index is 0.202. The molecule has 0 unspecified atom stereocenters. The van der Waals surface area contributed by atoms with Gasteiger partial charge in [-0.25, -0.2) is 17.2 Å². The van der Waals surface area contributed by atoms with Gasteiger partial charge >= 0.3 is 0 Å². The van der Waals surface area contributed by atoms with E-state index >= 15 is 0 Å². The summed E-state index contributed by atoms with van der Waals surface area (Å²) in [6.07, 6.45) is 0.118. The van der Waals surface area contributed by atoms with Crippen LogP contribution < -0.4 is 0 Å². The summed E-state index contributed by atoms with van der Waals surface area (Å²) in [5.74, 6) is -3.17. The molecule has 8 heteroatoms. The summed E-state index contributed by atoms with van der Waals surface area (Å²) in [7, 11) is -3.28. The molecule has 21 heavy (non-hydrogen) atoms. The average Bonchev–Trinajstić information content (AvgIpc) is 2.33. The molecule has 1 saturated carbocycles. The Kier molecular flexibility index (Phi) is 3.90. The first-order valence-electron chi connectivity index (χ1n) is 6.76. The van der Waals surface area contributed by atoms with Crippen molar-refractivity contribution in [2.45, 2.75) is 25.7 Å². The van der Waals surface area contributed by atoms with E-state index in [-0.39, 0.29) is 32.1 Å². The number of rotatable bonds is 3. The van der Waals surface area contributed by atoms with Gasteiger partial charge in [0.15, 0.2) is 0 Å². The van der Waals surface area contributed by atoms with E-state index in [1.165, 1.54) is 9.21 Å². The van der Waals surface area contributed by atoms with Gasteiger partial charge in [-0.1, -0.05) is 12.2 Å². The van der Waals surface area contributed by atoms with E-state index in [0.717, 1.165) is 6.26 Å². The largest absolute Gasteiger partial charge is 0.339 e. The Balaban J connectivity index is 2.06. The van der Waals surface area contributed by atoms with Crippen LogP contribution >= 0.6 is 0 Å². The minimum atomic E-state index is -3.28. The molecule has 120 valence electrons. The number of halogens is 2. The summed E-state index contributed by atoms with van der Waals surface area (Å²) in [4.78, 5) is 14.0. The van der Waals surface area contributed by atoms with Crippen LogP contribution in [0.4, 0.5) is 8.78 Å². The normalized spacial score (nSPS) is 25.2. The zero-order chi connectivity index (χ0) is 16.1. The lowest BCUT2D eigenvalue weighted by Crippen LogP contribution is -2.60. The molecular weight excluding hydrogens is 302 g/mol. The number of carbonyl (C=O) groups excluding carboxylic acids is 1. The highest BCUT2D eigenvalue weighted by Gasteiger charge is 2.62. The summed E-state index contributed by atoms with van der Waals surface area (Å²) in [6.45, 7) is 6.16. The second-order valence-corrected chi connectivity index (χ2v) is 8.01. The van der Waals surface area contributed by atoms with Crippen molar-refractivity contribution in [1.82, 2.24) is 9.21 Å². The number of alkyl halides is 2. The van der Waals surface area contributed by atoms with E-state index in [9.17, 15) is 22.0 Å². The van der Waals surface area contributed by atoms with Crippen molar-refractivity contribution in [3.8, 4) is 0 Å². The van der Waals surface area contributed by atoms with Gasteiger partial charge in [0.1, 0.15) is 0 Å². The molecule has 5 nitrogen and oxygen atoms in total. The Bertz CT molecular complexity index is 558. The second kappa shape index (κ2) is 5.01. The molecule has 0 bridgehead atoms. The SMILES string of the molecule is C=C(C)C1(C(=O)N2CCN(S(C)(=O)=O)CC2)CC(F)(F)C1. The van der Waals surface area contributed by atoms with Crippen molar-refractivity contribution in [3.63, 3.8) is 0 Å². The molecule has 1 aliphatic heterocycles. The molecule has 2 aliphatic rings. The fourth-order valence-corrected chi connectivity index (χ4v) is 3.82. The Morgan fingerprint density at radius 1 is 1.14 bits per heavy atom. The van der Waals surface area contributed by atoms with Gasteiger partial charge in [0.25, 0.3) is 5.92 Å². The Morgan fingerprint density at radius 2 is 1.62 bits per heavy atom. The maximum atomic E-state index is 13.2. The number of carbonyl (C=O) groups is 1. The van der Waals surface area contributed by atoms with Crippen LogP contribution in [0.25, 0.3) is 0 Å². The van der Waals surface area contributed by atoms with E-state index in [4.69, 9.17) is 0 Å². The summed E-state index contributed by atoms with van der Waals surface area (Å²) in [6, 6.07) is 0. The molecule has 0 spiro atoms. The zero-order valence-electron chi connectivity index (χ0n) is 12.2. The lowest BCUT2D eigenvalue weighted by atomic mass is 9.61. The molecule has 1 heterocycles. The van der Waals surface area contributed by atoms with Crippen LogP contribution in [0.5, 0.6) is 0 Å². The summed E-state index contributed by atoms with van der Waals surface area (Å²) < 4.78 is 50.6. The van der Waals surface area contributed by atoms with E-state index in [0.29, 0.717) is 5.57 Å². The quantitative estimate of drug-likeness (QED) is 0.731. The van der Waals surface area contributed by atoms with Crippen LogP contribution in [-0.4, -0.2) is 61.9 Å². The lowest BCUT2D eigenvalue weighted by Gasteiger charge is -2.49. The van der Waals surface area contributed by atoms with E-state index < -0.39 is 34.2 Å². The summed E-state index contributed by atoms with van der Waals surface area (Å²) >= 11 is 0. The van der Waals surface area contributed by atoms with Gasteiger partial charge < -0.3 is 4.90 Å². The molecule has 0 aromatic heterocycles. The Morgan fingerprint density at radius 3 is 1.95 bits per heavy atom. The standard InChI is InChI=1S/C13H20F2N2O3S/c1-10(2)12(8-13(14,15)9-12)11(18)16-4-6-17(7-5-16)21(3,19)20/h1,4-9H2,2-3H3. The van der Waals surface area contributed by atoms with E-state index in [1.54, 1.807) is 6.92 Å². The fraction of sp³-hybridized carbons (Fsp3) is 0.769. The highest BCUT2D eigenvalue weighted by molar-refractivity contribution is 7.88. The summed E-state index contributed by atoms with van der Waals surface area (Å²) in [5, 5.41) is 0. The third-order valence-electron chi connectivity index (χ3n) is 4.34. The molecule has 2 rings (SSSR count). The predicted octanol–water partition coefficient (Wildman–Crippen LogP) is 1.08. The molecule has 0 aromatic rings. The zero-order valence-corrected chi connectivity index (χ0v) is 13.0. The fourth-order valence-electron chi connectivity index (χ4n) is 2.99. The number of amides is 1. The first kappa shape index (κ1) is 16.4. The molecule has 1 saturated heterocycles. The monoisotopic (exact) mass is 322 g/mol. The van der Waals surface area contributed by atoms with Gasteiger partial charge in [-0.2, -0.15) is 4.31 Å². The molecule has 1 amide bonds. The number of nitrogens with zero attached hydrogens (tertiary/aromatic N) is 2. The smallest absolute Gasteiger partial charge is 0.250 e. The highest BCUT2D eigenvalue weighted by atomic mass is 32.2. The van der Waals surface area contributed by atoms with Crippen molar-refractivity contribution in [2.75, 3.05) is 32.4 Å². The van der Waals surface area contributed by atoms with Crippen LogP contribution in [0.2, 0.25) is 0 Å². The Hall–Kier alpha value is -1.02. The van der Waals surface area contributed by atoms with Gasteiger partial charge in [0, 0.05) is 39.0 Å². The van der Waals surface area contributed by atoms with Crippen LogP contribution in [0.15, 0.2) is 12.2 Å². The van der Waals surface area contributed by atoms with E-state index in [1.807, 2.05) is 0 Å². The average molecular weight is 322 g/mol. The third-order valence-corrected chi connectivity index (χ3v) is 5.65. The van der Waals surface area contributed by atoms with Crippen molar-refractivity contribution < 1.29 is 22.0 Å². The van der Waals surface area contributed by atoms with Gasteiger partial charge in [-0.15, -0.1) is 0 Å². The van der Waals surface area contributed by atoms with Crippen LogP contribution in [0.1, 0.15) is 19.8 Å². The minimum Gasteiger partial charge on any atom is -0.339 e. The van der Waals surface area contributed by atoms with Gasteiger partial charge in [0.2, 0.25) is 15.9 Å². The molecule has 1 aliphatic carbocycles. The lowest BCUT2D eigenvalue weighted by molar-refractivity contribution is -0.179. The molecule has 0 aromatic carbocycles.